The fourth-order valence-electron chi connectivity index (χ4n) is 2.06. The van der Waals surface area contributed by atoms with E-state index in [0.717, 1.165) is 18.2 Å². The summed E-state index contributed by atoms with van der Waals surface area (Å²) >= 11 is 0. The van der Waals surface area contributed by atoms with E-state index in [4.69, 9.17) is 0 Å². The lowest BCUT2D eigenvalue weighted by atomic mass is 10.1. The highest BCUT2D eigenvalue weighted by molar-refractivity contribution is 5.22. The van der Waals surface area contributed by atoms with Crippen LogP contribution in [-0.2, 0) is 0 Å². The zero-order chi connectivity index (χ0) is 15.4. The van der Waals surface area contributed by atoms with E-state index in [9.17, 15) is 18.3 Å². The van der Waals surface area contributed by atoms with Gasteiger partial charge in [-0.15, -0.1) is 0 Å². The second-order valence-electron chi connectivity index (χ2n) is 4.87. The number of halogens is 3. The van der Waals surface area contributed by atoms with E-state index in [1.165, 1.54) is 12.1 Å². The minimum atomic E-state index is -1.18. The van der Waals surface area contributed by atoms with E-state index >= 15 is 0 Å². The quantitative estimate of drug-likeness (QED) is 0.885. The molecule has 0 fully saturated rings. The van der Waals surface area contributed by atoms with Gasteiger partial charge in [-0.2, -0.15) is 0 Å². The van der Waals surface area contributed by atoms with E-state index in [2.05, 4.69) is 5.32 Å². The first-order chi connectivity index (χ1) is 9.97. The van der Waals surface area contributed by atoms with Crippen molar-refractivity contribution in [3.05, 3.63) is 71.0 Å². The molecule has 21 heavy (non-hydrogen) atoms. The molecule has 2 aromatic rings. The molecule has 2 atom stereocenters. The highest BCUT2D eigenvalue weighted by Gasteiger charge is 2.15. The minimum Gasteiger partial charge on any atom is -0.387 e. The molecule has 0 radical (unpaired) electrons. The average Bonchev–Trinajstić information content (AvgIpc) is 2.47. The minimum absolute atomic E-state index is 0.0258. The van der Waals surface area contributed by atoms with Gasteiger partial charge in [0.15, 0.2) is 0 Å². The Hall–Kier alpha value is -1.85. The summed E-state index contributed by atoms with van der Waals surface area (Å²) < 4.78 is 39.7. The molecule has 2 rings (SSSR count). The van der Waals surface area contributed by atoms with Gasteiger partial charge in [0, 0.05) is 18.2 Å². The van der Waals surface area contributed by atoms with Crippen LogP contribution in [0.15, 0.2) is 42.5 Å². The average molecular weight is 295 g/mol. The molecule has 0 aliphatic rings. The van der Waals surface area contributed by atoms with Gasteiger partial charge in [0.1, 0.15) is 17.5 Å². The number of aliphatic hydroxyl groups is 1. The molecule has 0 saturated heterocycles. The van der Waals surface area contributed by atoms with Gasteiger partial charge in [-0.3, -0.25) is 0 Å². The highest BCUT2D eigenvalue weighted by atomic mass is 19.1. The predicted molar refractivity (Wildman–Crippen MR) is 74.1 cm³/mol. The summed E-state index contributed by atoms with van der Waals surface area (Å²) in [5.74, 6) is -1.62. The largest absolute Gasteiger partial charge is 0.387 e. The van der Waals surface area contributed by atoms with Crippen LogP contribution in [0.5, 0.6) is 0 Å². The number of nitrogens with one attached hydrogen (secondary N) is 1. The molecule has 5 heteroatoms. The van der Waals surface area contributed by atoms with Gasteiger partial charge in [-0.25, -0.2) is 13.2 Å². The predicted octanol–water partition coefficient (Wildman–Crippen LogP) is 3.49. The molecule has 0 amide bonds. The Bertz CT molecular complexity index is 618. The fraction of sp³-hybridized carbons (Fsp3) is 0.250. The lowest BCUT2D eigenvalue weighted by Crippen LogP contribution is -2.25. The summed E-state index contributed by atoms with van der Waals surface area (Å²) in [6.07, 6.45) is -1.18. The molecule has 0 aliphatic carbocycles. The standard InChI is InChI=1S/C16H16F3NO/c1-10(11-3-2-4-12(17)7-11)20-9-16(21)14-8-13(18)5-6-15(14)19/h2-8,10,16,20-21H,9H2,1H3/t10-,16?/m0/s1. The summed E-state index contributed by atoms with van der Waals surface area (Å²) in [4.78, 5) is 0. The molecule has 0 bridgehead atoms. The molecule has 0 saturated carbocycles. The van der Waals surface area contributed by atoms with Crippen molar-refractivity contribution >= 4 is 0 Å². The second kappa shape index (κ2) is 6.74. The molecular weight excluding hydrogens is 279 g/mol. The molecule has 112 valence electrons. The lowest BCUT2D eigenvalue weighted by molar-refractivity contribution is 0.165. The van der Waals surface area contributed by atoms with Gasteiger partial charge in [-0.1, -0.05) is 12.1 Å². The maximum absolute atomic E-state index is 13.5. The van der Waals surface area contributed by atoms with Crippen molar-refractivity contribution in [3.8, 4) is 0 Å². The normalized spacial score (nSPS) is 14.0. The van der Waals surface area contributed by atoms with Crippen molar-refractivity contribution < 1.29 is 18.3 Å². The number of benzene rings is 2. The van der Waals surface area contributed by atoms with Crippen LogP contribution in [0.2, 0.25) is 0 Å². The van der Waals surface area contributed by atoms with Crippen molar-refractivity contribution in [1.29, 1.82) is 0 Å². The van der Waals surface area contributed by atoms with Crippen LogP contribution in [0.25, 0.3) is 0 Å². The Labute approximate surface area is 121 Å². The van der Waals surface area contributed by atoms with Crippen molar-refractivity contribution in [2.45, 2.75) is 19.1 Å². The van der Waals surface area contributed by atoms with E-state index < -0.39 is 17.7 Å². The smallest absolute Gasteiger partial charge is 0.129 e. The molecule has 0 heterocycles. The molecule has 0 aliphatic heterocycles. The third-order valence-corrected chi connectivity index (χ3v) is 3.28. The molecular formula is C16H16F3NO. The molecule has 0 aromatic heterocycles. The van der Waals surface area contributed by atoms with Crippen LogP contribution in [0.3, 0.4) is 0 Å². The number of hydrogen-bond donors (Lipinski definition) is 2. The Morgan fingerprint density at radius 1 is 1.05 bits per heavy atom. The van der Waals surface area contributed by atoms with E-state index in [0.29, 0.717) is 5.56 Å². The van der Waals surface area contributed by atoms with Crippen LogP contribution in [0.4, 0.5) is 13.2 Å². The van der Waals surface area contributed by atoms with Gasteiger partial charge >= 0.3 is 0 Å². The third-order valence-electron chi connectivity index (χ3n) is 3.28. The van der Waals surface area contributed by atoms with Crippen LogP contribution in [-0.4, -0.2) is 11.7 Å². The summed E-state index contributed by atoms with van der Waals surface area (Å²) in [5.41, 5.74) is 0.607. The molecule has 2 nitrogen and oxygen atoms in total. The third kappa shape index (κ3) is 4.06. The lowest BCUT2D eigenvalue weighted by Gasteiger charge is -2.18. The first-order valence-electron chi connectivity index (χ1n) is 6.59. The molecule has 2 N–H and O–H groups in total. The van der Waals surface area contributed by atoms with Crippen molar-refractivity contribution in [3.63, 3.8) is 0 Å². The summed E-state index contributed by atoms with van der Waals surface area (Å²) in [6.45, 7) is 1.82. The maximum atomic E-state index is 13.5. The van der Waals surface area contributed by atoms with Gasteiger partial charge in [-0.05, 0) is 42.8 Å². The SMILES string of the molecule is C[C@H](NCC(O)c1cc(F)ccc1F)c1cccc(F)c1. The molecule has 0 spiro atoms. The van der Waals surface area contributed by atoms with Crippen LogP contribution < -0.4 is 5.32 Å². The number of hydrogen-bond acceptors (Lipinski definition) is 2. The van der Waals surface area contributed by atoms with E-state index in [1.54, 1.807) is 19.1 Å². The van der Waals surface area contributed by atoms with Gasteiger partial charge in [0.05, 0.1) is 6.10 Å². The Balaban J connectivity index is 2.00. The molecule has 1 unspecified atom stereocenters. The van der Waals surface area contributed by atoms with Crippen LogP contribution in [0.1, 0.15) is 30.2 Å². The first kappa shape index (κ1) is 15.5. The van der Waals surface area contributed by atoms with Crippen molar-refractivity contribution in [1.82, 2.24) is 5.32 Å². The van der Waals surface area contributed by atoms with Crippen molar-refractivity contribution in [2.24, 2.45) is 0 Å². The van der Waals surface area contributed by atoms with Gasteiger partial charge in [0.25, 0.3) is 0 Å². The fourth-order valence-corrected chi connectivity index (χ4v) is 2.06. The number of rotatable bonds is 5. The van der Waals surface area contributed by atoms with Gasteiger partial charge < -0.3 is 10.4 Å². The van der Waals surface area contributed by atoms with Crippen LogP contribution >= 0.6 is 0 Å². The second-order valence-corrected chi connectivity index (χ2v) is 4.87. The van der Waals surface area contributed by atoms with Crippen LogP contribution in [0, 0.1) is 17.5 Å². The Morgan fingerprint density at radius 3 is 2.48 bits per heavy atom. The topological polar surface area (TPSA) is 32.3 Å². The summed E-state index contributed by atoms with van der Waals surface area (Å²) in [5, 5.41) is 12.9. The maximum Gasteiger partial charge on any atom is 0.129 e. The number of aliphatic hydroxyl groups excluding tert-OH is 1. The summed E-state index contributed by atoms with van der Waals surface area (Å²) in [7, 11) is 0. The first-order valence-corrected chi connectivity index (χ1v) is 6.59. The zero-order valence-corrected chi connectivity index (χ0v) is 11.5. The summed E-state index contributed by atoms with van der Waals surface area (Å²) in [6, 6.07) is 8.76. The monoisotopic (exact) mass is 295 g/mol. The van der Waals surface area contributed by atoms with E-state index in [-0.39, 0.29) is 24.0 Å². The Morgan fingerprint density at radius 2 is 1.76 bits per heavy atom. The van der Waals surface area contributed by atoms with Gasteiger partial charge in [0.2, 0.25) is 0 Å². The Kier molecular flexibility index (Phi) is 4.98. The van der Waals surface area contributed by atoms with E-state index in [1.807, 2.05) is 0 Å². The zero-order valence-electron chi connectivity index (χ0n) is 11.5. The van der Waals surface area contributed by atoms with Crippen molar-refractivity contribution in [2.75, 3.05) is 6.54 Å². The highest BCUT2D eigenvalue weighted by Crippen LogP contribution is 2.19. The molecule has 2 aromatic carbocycles.